The van der Waals surface area contributed by atoms with Crippen LogP contribution in [0.5, 0.6) is 0 Å². The molecule has 0 saturated carbocycles. The molecule has 0 atom stereocenters. The molecule has 2 heteroatoms. The Balaban J connectivity index is 1.76. The van der Waals surface area contributed by atoms with Crippen LogP contribution in [0.3, 0.4) is 0 Å². The van der Waals surface area contributed by atoms with Gasteiger partial charge in [-0.2, -0.15) is 5.26 Å². The van der Waals surface area contributed by atoms with Crippen molar-refractivity contribution in [2.45, 2.75) is 27.2 Å². The fourth-order valence-electron chi connectivity index (χ4n) is 3.90. The molecule has 0 N–H and O–H groups in total. The van der Waals surface area contributed by atoms with Gasteiger partial charge < -0.3 is 4.57 Å². The summed E-state index contributed by atoms with van der Waals surface area (Å²) in [7, 11) is 0. The molecule has 29 heavy (non-hydrogen) atoms. The summed E-state index contributed by atoms with van der Waals surface area (Å²) >= 11 is 0. The molecule has 142 valence electrons. The van der Waals surface area contributed by atoms with Crippen molar-refractivity contribution in [3.05, 3.63) is 101 Å². The van der Waals surface area contributed by atoms with Gasteiger partial charge in [0.05, 0.1) is 11.6 Å². The van der Waals surface area contributed by atoms with E-state index in [0.29, 0.717) is 5.57 Å². The number of hydrogen-bond donors (Lipinski definition) is 0. The second kappa shape index (κ2) is 7.81. The lowest BCUT2D eigenvalue weighted by Gasteiger charge is -2.10. The predicted octanol–water partition coefficient (Wildman–Crippen LogP) is 6.87. The van der Waals surface area contributed by atoms with E-state index in [0.717, 1.165) is 40.0 Å². The standard InChI is InChI=1S/C27H24N2/c1-4-21-9-13-27(14-10-21)29-19(2)15-25(20(29)3)17-26(18-28)24-12-11-22-7-5-6-8-23(22)16-24/h5-17H,4H2,1-3H3. The topological polar surface area (TPSA) is 28.7 Å². The SMILES string of the molecule is CCc1ccc(-n2c(C)cc(C=C(C#N)c3ccc4ccccc4c3)c2C)cc1. The fraction of sp³-hybridized carbons (Fsp3) is 0.148. The van der Waals surface area contributed by atoms with Crippen LogP contribution in [0.25, 0.3) is 28.1 Å². The molecule has 0 spiro atoms. The van der Waals surface area contributed by atoms with Gasteiger partial charge in [0.25, 0.3) is 0 Å². The number of fused-ring (bicyclic) bond motifs is 1. The minimum absolute atomic E-state index is 0.678. The molecule has 0 aliphatic heterocycles. The Morgan fingerprint density at radius 2 is 1.66 bits per heavy atom. The van der Waals surface area contributed by atoms with Crippen LogP contribution >= 0.6 is 0 Å². The quantitative estimate of drug-likeness (QED) is 0.357. The van der Waals surface area contributed by atoms with Crippen LogP contribution < -0.4 is 0 Å². The number of allylic oxidation sites excluding steroid dienone is 1. The maximum atomic E-state index is 9.83. The Bertz CT molecular complexity index is 1250. The van der Waals surface area contributed by atoms with Crippen LogP contribution in [-0.2, 0) is 6.42 Å². The van der Waals surface area contributed by atoms with Crippen molar-refractivity contribution >= 4 is 22.4 Å². The largest absolute Gasteiger partial charge is 0.318 e. The first-order valence-electron chi connectivity index (χ1n) is 10.00. The van der Waals surface area contributed by atoms with Crippen molar-refractivity contribution in [3.8, 4) is 11.8 Å². The first kappa shape index (κ1) is 18.8. The Kier molecular flexibility index (Phi) is 5.06. The van der Waals surface area contributed by atoms with Crippen molar-refractivity contribution in [3.63, 3.8) is 0 Å². The molecule has 1 aromatic heterocycles. The third-order valence-electron chi connectivity index (χ3n) is 5.55. The van der Waals surface area contributed by atoms with E-state index in [-0.39, 0.29) is 0 Å². The summed E-state index contributed by atoms with van der Waals surface area (Å²) in [5.74, 6) is 0. The summed E-state index contributed by atoms with van der Waals surface area (Å²) in [4.78, 5) is 0. The highest BCUT2D eigenvalue weighted by Crippen LogP contribution is 2.27. The predicted molar refractivity (Wildman–Crippen MR) is 122 cm³/mol. The molecule has 0 unspecified atom stereocenters. The summed E-state index contributed by atoms with van der Waals surface area (Å²) in [6.07, 6.45) is 3.04. The molecular formula is C27H24N2. The normalized spacial score (nSPS) is 11.6. The highest BCUT2D eigenvalue weighted by atomic mass is 15.0. The van der Waals surface area contributed by atoms with Gasteiger partial charge in [-0.3, -0.25) is 0 Å². The van der Waals surface area contributed by atoms with Gasteiger partial charge in [0.2, 0.25) is 0 Å². The molecule has 0 aliphatic rings. The Morgan fingerprint density at radius 3 is 2.34 bits per heavy atom. The van der Waals surface area contributed by atoms with Crippen LogP contribution in [0, 0.1) is 25.2 Å². The minimum atomic E-state index is 0.678. The summed E-state index contributed by atoms with van der Waals surface area (Å²) in [6, 6.07) is 27.7. The van der Waals surface area contributed by atoms with Crippen molar-refractivity contribution in [1.29, 1.82) is 5.26 Å². The molecule has 4 aromatic rings. The average Bonchev–Trinajstić information content (AvgIpc) is 3.04. The van der Waals surface area contributed by atoms with Crippen molar-refractivity contribution in [2.75, 3.05) is 0 Å². The van der Waals surface area contributed by atoms with Crippen LogP contribution in [0.15, 0.2) is 72.8 Å². The van der Waals surface area contributed by atoms with E-state index in [1.54, 1.807) is 0 Å². The van der Waals surface area contributed by atoms with E-state index >= 15 is 0 Å². The molecule has 0 fully saturated rings. The zero-order chi connectivity index (χ0) is 20.4. The molecule has 0 aliphatic carbocycles. The van der Waals surface area contributed by atoms with E-state index in [1.807, 2.05) is 24.3 Å². The zero-order valence-electron chi connectivity index (χ0n) is 17.1. The summed E-state index contributed by atoms with van der Waals surface area (Å²) in [6.45, 7) is 6.39. The molecule has 4 rings (SSSR count). The summed E-state index contributed by atoms with van der Waals surface area (Å²) in [5, 5.41) is 12.2. The molecule has 0 amide bonds. The fourth-order valence-corrected chi connectivity index (χ4v) is 3.90. The van der Waals surface area contributed by atoms with Gasteiger partial charge in [0.15, 0.2) is 0 Å². The lowest BCUT2D eigenvalue weighted by molar-refractivity contribution is 0.961. The van der Waals surface area contributed by atoms with E-state index in [4.69, 9.17) is 0 Å². The monoisotopic (exact) mass is 376 g/mol. The van der Waals surface area contributed by atoms with Crippen LogP contribution in [0.4, 0.5) is 0 Å². The number of hydrogen-bond acceptors (Lipinski definition) is 1. The molecular weight excluding hydrogens is 352 g/mol. The molecule has 3 aromatic carbocycles. The van der Waals surface area contributed by atoms with Gasteiger partial charge in [0.1, 0.15) is 0 Å². The van der Waals surface area contributed by atoms with Crippen molar-refractivity contribution in [1.82, 2.24) is 4.57 Å². The highest BCUT2D eigenvalue weighted by Gasteiger charge is 2.11. The Morgan fingerprint density at radius 1 is 0.931 bits per heavy atom. The van der Waals surface area contributed by atoms with Gasteiger partial charge in [-0.25, -0.2) is 0 Å². The third-order valence-corrected chi connectivity index (χ3v) is 5.55. The maximum Gasteiger partial charge on any atom is 0.0998 e. The molecule has 0 radical (unpaired) electrons. The number of benzene rings is 3. The van der Waals surface area contributed by atoms with Gasteiger partial charge in [-0.1, -0.05) is 55.5 Å². The van der Waals surface area contributed by atoms with Gasteiger partial charge in [-0.05, 0) is 78.1 Å². The van der Waals surface area contributed by atoms with E-state index in [9.17, 15) is 5.26 Å². The Labute approximate surface area is 172 Å². The van der Waals surface area contributed by atoms with Crippen molar-refractivity contribution < 1.29 is 0 Å². The van der Waals surface area contributed by atoms with Crippen LogP contribution in [0.1, 0.15) is 35.0 Å². The smallest absolute Gasteiger partial charge is 0.0998 e. The minimum Gasteiger partial charge on any atom is -0.318 e. The molecule has 1 heterocycles. The Hall–Kier alpha value is -3.57. The number of nitriles is 1. The van der Waals surface area contributed by atoms with Crippen LogP contribution in [-0.4, -0.2) is 4.57 Å². The molecule has 0 bridgehead atoms. The van der Waals surface area contributed by atoms with Crippen LogP contribution in [0.2, 0.25) is 0 Å². The van der Waals surface area contributed by atoms with Gasteiger partial charge in [0, 0.05) is 17.1 Å². The number of aromatic nitrogens is 1. The second-order valence-corrected chi connectivity index (χ2v) is 7.41. The first-order chi connectivity index (χ1) is 14.1. The molecule has 0 saturated heterocycles. The van der Waals surface area contributed by atoms with Crippen molar-refractivity contribution in [2.24, 2.45) is 0 Å². The highest BCUT2D eigenvalue weighted by molar-refractivity contribution is 5.94. The summed E-state index contributed by atoms with van der Waals surface area (Å²) < 4.78 is 2.25. The summed E-state index contributed by atoms with van der Waals surface area (Å²) in [5.41, 5.74) is 7.49. The first-order valence-corrected chi connectivity index (χ1v) is 10.00. The average molecular weight is 377 g/mol. The third kappa shape index (κ3) is 3.60. The molecule has 2 nitrogen and oxygen atoms in total. The van der Waals surface area contributed by atoms with E-state index in [1.165, 1.54) is 10.9 Å². The number of rotatable bonds is 4. The lowest BCUT2D eigenvalue weighted by atomic mass is 10.0. The maximum absolute atomic E-state index is 9.83. The number of nitrogens with zero attached hydrogens (tertiary/aromatic N) is 2. The number of aryl methyl sites for hydroxylation is 2. The van der Waals surface area contributed by atoms with Gasteiger partial charge in [-0.15, -0.1) is 0 Å². The van der Waals surface area contributed by atoms with E-state index < -0.39 is 0 Å². The lowest BCUT2D eigenvalue weighted by Crippen LogP contribution is -1.99. The second-order valence-electron chi connectivity index (χ2n) is 7.41. The zero-order valence-corrected chi connectivity index (χ0v) is 17.1. The van der Waals surface area contributed by atoms with Gasteiger partial charge >= 0.3 is 0 Å². The van der Waals surface area contributed by atoms with E-state index in [2.05, 4.69) is 86.0 Å².